The van der Waals surface area contributed by atoms with Gasteiger partial charge < -0.3 is 4.74 Å². The fourth-order valence-electron chi connectivity index (χ4n) is 1.05. The van der Waals surface area contributed by atoms with Crippen LogP contribution in [0.3, 0.4) is 0 Å². The molecule has 0 saturated heterocycles. The summed E-state index contributed by atoms with van der Waals surface area (Å²) in [4.78, 5) is 3.47. The highest BCUT2D eigenvalue weighted by molar-refractivity contribution is 5.17. The molecule has 1 aromatic heterocycles. The first kappa shape index (κ1) is 11.9. The average Bonchev–Trinajstić information content (AvgIpc) is 2.19. The third-order valence-electron chi connectivity index (χ3n) is 1.81. The molecule has 0 aliphatic rings. The minimum absolute atomic E-state index is 0.247. The summed E-state index contributed by atoms with van der Waals surface area (Å²) in [5.74, 6) is -7.46. The van der Waals surface area contributed by atoms with Crippen molar-refractivity contribution in [3.63, 3.8) is 0 Å². The summed E-state index contributed by atoms with van der Waals surface area (Å²) in [6.07, 6.45) is 2.15. The molecule has 0 aromatic carbocycles. The summed E-state index contributed by atoms with van der Waals surface area (Å²) in [7, 11) is 0. The lowest BCUT2D eigenvalue weighted by atomic mass is 10.1. The maximum Gasteiger partial charge on any atom is 0.346 e. The number of alkyl halides is 3. The van der Waals surface area contributed by atoms with Crippen molar-refractivity contribution in [2.75, 3.05) is 6.61 Å². The number of hydrogen-bond acceptors (Lipinski definition) is 3. The van der Waals surface area contributed by atoms with Gasteiger partial charge in [0.15, 0.2) is 0 Å². The van der Waals surface area contributed by atoms with Crippen molar-refractivity contribution in [1.29, 1.82) is 0 Å². The Kier molecular flexibility index (Phi) is 3.31. The Balaban J connectivity index is 3.01. The van der Waals surface area contributed by atoms with Crippen LogP contribution >= 0.6 is 0 Å². The van der Waals surface area contributed by atoms with Crippen LogP contribution in [0.25, 0.3) is 0 Å². The van der Waals surface area contributed by atoms with Gasteiger partial charge >= 0.3 is 11.9 Å². The fourth-order valence-corrected chi connectivity index (χ4v) is 1.05. The molecular weight excluding hydrogens is 209 g/mol. The van der Waals surface area contributed by atoms with E-state index < -0.39 is 17.5 Å². The Morgan fingerprint density at radius 3 is 2.60 bits per heavy atom. The number of halogens is 3. The number of aromatic nitrogens is 1. The van der Waals surface area contributed by atoms with E-state index in [-0.39, 0.29) is 6.61 Å². The minimum Gasteiger partial charge on any atom is -0.329 e. The predicted octanol–water partition coefficient (Wildman–Crippen LogP) is 1.79. The minimum atomic E-state index is -3.93. The zero-order valence-corrected chi connectivity index (χ0v) is 8.08. The van der Waals surface area contributed by atoms with E-state index in [1.165, 1.54) is 19.2 Å². The molecule has 2 N–H and O–H groups in total. The Morgan fingerprint density at radius 2 is 2.13 bits per heavy atom. The topological polar surface area (TPSA) is 48.1 Å². The molecule has 0 aliphatic heterocycles. The molecule has 0 saturated carbocycles. The molecule has 3 nitrogen and oxygen atoms in total. The molecule has 0 amide bonds. The van der Waals surface area contributed by atoms with Crippen LogP contribution < -0.4 is 5.73 Å². The zero-order valence-electron chi connectivity index (χ0n) is 8.08. The maximum atomic E-state index is 13.5. The van der Waals surface area contributed by atoms with E-state index in [0.717, 1.165) is 12.3 Å². The van der Waals surface area contributed by atoms with E-state index in [1.807, 2.05) is 0 Å². The first-order valence-corrected chi connectivity index (χ1v) is 4.32. The molecule has 1 heterocycles. The average molecular weight is 220 g/mol. The van der Waals surface area contributed by atoms with Gasteiger partial charge in [-0.15, -0.1) is 0 Å². The lowest BCUT2D eigenvalue weighted by Crippen LogP contribution is -2.52. The van der Waals surface area contributed by atoms with Crippen molar-refractivity contribution < 1.29 is 17.9 Å². The van der Waals surface area contributed by atoms with Gasteiger partial charge in [0, 0.05) is 24.6 Å². The third-order valence-corrected chi connectivity index (χ3v) is 1.81. The third kappa shape index (κ3) is 2.27. The molecular formula is C9H11F3N2O. The lowest BCUT2D eigenvalue weighted by Gasteiger charge is -2.28. The summed E-state index contributed by atoms with van der Waals surface area (Å²) >= 11 is 0. The van der Waals surface area contributed by atoms with Gasteiger partial charge in [0.2, 0.25) is 0 Å². The van der Waals surface area contributed by atoms with Gasteiger partial charge in [0.25, 0.3) is 0 Å². The van der Waals surface area contributed by atoms with Crippen molar-refractivity contribution in [1.82, 2.24) is 4.98 Å². The van der Waals surface area contributed by atoms with Crippen LogP contribution in [0.4, 0.5) is 13.2 Å². The smallest absolute Gasteiger partial charge is 0.329 e. The molecule has 84 valence electrons. The summed E-state index contributed by atoms with van der Waals surface area (Å²) in [5.41, 5.74) is 4.15. The van der Waals surface area contributed by atoms with Gasteiger partial charge in [-0.25, -0.2) is 0 Å². The van der Waals surface area contributed by atoms with Crippen LogP contribution in [0.5, 0.6) is 0 Å². The second-order valence-corrected chi connectivity index (χ2v) is 2.89. The van der Waals surface area contributed by atoms with Crippen molar-refractivity contribution in [3.05, 3.63) is 30.1 Å². The molecule has 0 bridgehead atoms. The second-order valence-electron chi connectivity index (χ2n) is 2.89. The normalized spacial score (nSPS) is 16.1. The van der Waals surface area contributed by atoms with Gasteiger partial charge in [-0.3, -0.25) is 10.7 Å². The van der Waals surface area contributed by atoms with Crippen LogP contribution in [-0.4, -0.2) is 17.6 Å². The van der Waals surface area contributed by atoms with Gasteiger partial charge in [-0.1, -0.05) is 0 Å². The summed E-state index contributed by atoms with van der Waals surface area (Å²) in [6.45, 7) is 1.13. The standard InChI is InChI=1S/C9H11F3N2O/c1-2-15-9(12,13)8(10,11)7-4-3-5-14-6-7/h3-6H,2,13H2,1H3. The summed E-state index contributed by atoms with van der Waals surface area (Å²) in [5, 5.41) is 0. The van der Waals surface area contributed by atoms with Gasteiger partial charge in [-0.2, -0.15) is 13.2 Å². The quantitative estimate of drug-likeness (QED) is 0.621. The van der Waals surface area contributed by atoms with Crippen molar-refractivity contribution >= 4 is 0 Å². The maximum absolute atomic E-state index is 13.5. The zero-order chi connectivity index (χ0) is 11.5. The molecule has 1 aromatic rings. The molecule has 1 atom stereocenters. The molecule has 0 fully saturated rings. The summed E-state index contributed by atoms with van der Waals surface area (Å²) in [6, 6.07) is 2.30. The van der Waals surface area contributed by atoms with Gasteiger partial charge in [-0.05, 0) is 19.1 Å². The van der Waals surface area contributed by atoms with Crippen molar-refractivity contribution in [2.45, 2.75) is 18.8 Å². The molecule has 0 spiro atoms. The SMILES string of the molecule is CCOC(N)(F)C(F)(F)c1cccnc1. The number of ether oxygens (including phenoxy) is 1. The first-order valence-electron chi connectivity index (χ1n) is 4.32. The highest BCUT2D eigenvalue weighted by Crippen LogP contribution is 2.38. The van der Waals surface area contributed by atoms with Crippen LogP contribution in [0.1, 0.15) is 12.5 Å². The van der Waals surface area contributed by atoms with Crippen molar-refractivity contribution in [3.8, 4) is 0 Å². The number of nitrogens with zero attached hydrogens (tertiary/aromatic N) is 1. The monoisotopic (exact) mass is 220 g/mol. The number of hydrogen-bond donors (Lipinski definition) is 1. The largest absolute Gasteiger partial charge is 0.346 e. The van der Waals surface area contributed by atoms with Crippen LogP contribution in [0, 0.1) is 0 Å². The second kappa shape index (κ2) is 4.16. The molecule has 1 rings (SSSR count). The molecule has 15 heavy (non-hydrogen) atoms. The fraction of sp³-hybridized carbons (Fsp3) is 0.444. The van der Waals surface area contributed by atoms with Crippen LogP contribution in [0.15, 0.2) is 24.5 Å². The highest BCUT2D eigenvalue weighted by Gasteiger charge is 2.55. The molecule has 6 heteroatoms. The van der Waals surface area contributed by atoms with Crippen LogP contribution in [0.2, 0.25) is 0 Å². The Morgan fingerprint density at radius 1 is 1.47 bits per heavy atom. The van der Waals surface area contributed by atoms with E-state index in [1.54, 1.807) is 0 Å². The molecule has 1 unspecified atom stereocenters. The molecule has 0 radical (unpaired) electrons. The number of nitrogens with two attached hydrogens (primary N) is 1. The number of rotatable bonds is 4. The molecule has 0 aliphatic carbocycles. The van der Waals surface area contributed by atoms with E-state index in [2.05, 4.69) is 9.72 Å². The predicted molar refractivity (Wildman–Crippen MR) is 47.8 cm³/mol. The number of pyridine rings is 1. The van der Waals surface area contributed by atoms with Gasteiger partial charge in [0.1, 0.15) is 0 Å². The Hall–Kier alpha value is -1.14. The summed E-state index contributed by atoms with van der Waals surface area (Å²) < 4.78 is 44.4. The Bertz CT molecular complexity index is 316. The highest BCUT2D eigenvalue weighted by atomic mass is 19.3. The van der Waals surface area contributed by atoms with Crippen LogP contribution in [-0.2, 0) is 10.7 Å². The van der Waals surface area contributed by atoms with E-state index >= 15 is 0 Å². The van der Waals surface area contributed by atoms with E-state index in [0.29, 0.717) is 0 Å². The Labute approximate surface area is 85.1 Å². The van der Waals surface area contributed by atoms with Gasteiger partial charge in [0.05, 0.1) is 0 Å². The van der Waals surface area contributed by atoms with Crippen molar-refractivity contribution in [2.24, 2.45) is 5.73 Å². The first-order chi connectivity index (χ1) is 6.92. The van der Waals surface area contributed by atoms with E-state index in [4.69, 9.17) is 5.73 Å². The lowest BCUT2D eigenvalue weighted by molar-refractivity contribution is -0.280. The van der Waals surface area contributed by atoms with E-state index in [9.17, 15) is 13.2 Å².